The highest BCUT2D eigenvalue weighted by Crippen LogP contribution is 2.31. The molecule has 0 aliphatic heterocycles. The Bertz CT molecular complexity index is 1200. The highest BCUT2D eigenvalue weighted by Gasteiger charge is 2.22. The van der Waals surface area contributed by atoms with Crippen LogP contribution in [0.5, 0.6) is 5.75 Å². The fourth-order valence-electron chi connectivity index (χ4n) is 2.64. The van der Waals surface area contributed by atoms with Crippen molar-refractivity contribution in [2.75, 3.05) is 0 Å². The van der Waals surface area contributed by atoms with E-state index < -0.39 is 10.1 Å². The van der Waals surface area contributed by atoms with Gasteiger partial charge in [0.2, 0.25) is 0 Å². The SMILES string of the molecule is O=S(=O)(Oc1cccc2cccnc12)c1ccc(Cl)c2ncccc12. The summed E-state index contributed by atoms with van der Waals surface area (Å²) in [5.41, 5.74) is 0.884. The fourth-order valence-corrected chi connectivity index (χ4v) is 3.98. The van der Waals surface area contributed by atoms with Gasteiger partial charge in [0.1, 0.15) is 10.4 Å². The average molecular weight is 371 g/mol. The van der Waals surface area contributed by atoms with Gasteiger partial charge in [-0.2, -0.15) is 8.42 Å². The van der Waals surface area contributed by atoms with Gasteiger partial charge in [-0.1, -0.05) is 29.8 Å². The van der Waals surface area contributed by atoms with Crippen LogP contribution in [0.15, 0.2) is 71.9 Å². The van der Waals surface area contributed by atoms with Crippen molar-refractivity contribution in [3.63, 3.8) is 0 Å². The van der Waals surface area contributed by atoms with Crippen molar-refractivity contribution >= 4 is 43.5 Å². The maximum atomic E-state index is 12.8. The first kappa shape index (κ1) is 15.8. The van der Waals surface area contributed by atoms with Gasteiger partial charge in [0.25, 0.3) is 0 Å². The molecule has 0 aliphatic carbocycles. The van der Waals surface area contributed by atoms with E-state index >= 15 is 0 Å². The predicted molar refractivity (Wildman–Crippen MR) is 96.3 cm³/mol. The van der Waals surface area contributed by atoms with Crippen LogP contribution < -0.4 is 4.18 Å². The smallest absolute Gasteiger partial charge is 0.339 e. The number of para-hydroxylation sites is 1. The third-order valence-electron chi connectivity index (χ3n) is 3.74. The second kappa shape index (κ2) is 5.98. The largest absolute Gasteiger partial charge is 0.377 e. The predicted octanol–water partition coefficient (Wildman–Crippen LogP) is 4.20. The van der Waals surface area contributed by atoms with Gasteiger partial charge in [-0.25, -0.2) is 0 Å². The number of benzene rings is 2. The molecule has 0 spiro atoms. The standard InChI is InChI=1S/C18H11ClN2O3S/c19-14-8-9-16(13-6-3-11-21-18(13)14)25(22,23)24-15-7-1-4-12-5-2-10-20-17(12)15/h1-11H. The Labute approximate surface area is 149 Å². The molecule has 0 atom stereocenters. The summed E-state index contributed by atoms with van der Waals surface area (Å²) in [6, 6.07) is 14.9. The second-order valence-corrected chi connectivity index (χ2v) is 7.24. The van der Waals surface area contributed by atoms with E-state index in [9.17, 15) is 8.42 Å². The first-order valence-corrected chi connectivity index (χ1v) is 9.16. The van der Waals surface area contributed by atoms with Crippen molar-refractivity contribution < 1.29 is 12.6 Å². The first-order valence-electron chi connectivity index (χ1n) is 7.38. The molecule has 0 unspecified atom stereocenters. The summed E-state index contributed by atoms with van der Waals surface area (Å²) in [7, 11) is -4.09. The molecule has 4 rings (SSSR count). The van der Waals surface area contributed by atoms with E-state index in [0.29, 0.717) is 21.4 Å². The summed E-state index contributed by atoms with van der Waals surface area (Å²) in [5.74, 6) is 0.171. The van der Waals surface area contributed by atoms with E-state index in [0.717, 1.165) is 5.39 Å². The molecular weight excluding hydrogens is 360 g/mol. The minimum atomic E-state index is -4.09. The summed E-state index contributed by atoms with van der Waals surface area (Å²) < 4.78 is 31.1. The highest BCUT2D eigenvalue weighted by molar-refractivity contribution is 7.87. The van der Waals surface area contributed by atoms with Crippen LogP contribution in [0.25, 0.3) is 21.8 Å². The lowest BCUT2D eigenvalue weighted by atomic mass is 10.2. The summed E-state index contributed by atoms with van der Waals surface area (Å²) in [6.45, 7) is 0. The number of halogens is 1. The summed E-state index contributed by atoms with van der Waals surface area (Å²) in [5, 5.41) is 1.57. The maximum absolute atomic E-state index is 12.8. The first-order chi connectivity index (χ1) is 12.1. The minimum absolute atomic E-state index is 0.00735. The molecule has 0 aliphatic rings. The number of hydrogen-bond donors (Lipinski definition) is 0. The van der Waals surface area contributed by atoms with Crippen LogP contribution in [0, 0.1) is 0 Å². The van der Waals surface area contributed by atoms with Crippen molar-refractivity contribution in [2.24, 2.45) is 0 Å². The quantitative estimate of drug-likeness (QED) is 0.505. The van der Waals surface area contributed by atoms with Crippen LogP contribution in [-0.4, -0.2) is 18.4 Å². The number of rotatable bonds is 3. The number of hydrogen-bond acceptors (Lipinski definition) is 5. The number of fused-ring (bicyclic) bond motifs is 2. The molecule has 2 aromatic heterocycles. The lowest BCUT2D eigenvalue weighted by Crippen LogP contribution is -2.11. The topological polar surface area (TPSA) is 69.2 Å². The van der Waals surface area contributed by atoms with Crippen LogP contribution in [0.2, 0.25) is 5.02 Å². The van der Waals surface area contributed by atoms with Crippen LogP contribution in [0.4, 0.5) is 0 Å². The van der Waals surface area contributed by atoms with Gasteiger partial charge in [-0.15, -0.1) is 0 Å². The Morgan fingerprint density at radius 2 is 1.56 bits per heavy atom. The number of aromatic nitrogens is 2. The Morgan fingerprint density at radius 3 is 2.40 bits per heavy atom. The molecule has 0 saturated carbocycles. The Morgan fingerprint density at radius 1 is 0.840 bits per heavy atom. The Balaban J connectivity index is 1.87. The zero-order valence-electron chi connectivity index (χ0n) is 12.8. The molecule has 25 heavy (non-hydrogen) atoms. The van der Waals surface area contributed by atoms with Crippen molar-refractivity contribution in [3.05, 3.63) is 72.0 Å². The molecule has 7 heteroatoms. The minimum Gasteiger partial charge on any atom is -0.377 e. The molecule has 0 amide bonds. The van der Waals surface area contributed by atoms with Crippen LogP contribution >= 0.6 is 11.6 Å². The molecule has 0 bridgehead atoms. The molecule has 2 heterocycles. The molecule has 0 fully saturated rings. The Hall–Kier alpha value is -2.70. The lowest BCUT2D eigenvalue weighted by Gasteiger charge is -2.11. The van der Waals surface area contributed by atoms with E-state index in [-0.39, 0.29) is 10.6 Å². The molecule has 5 nitrogen and oxygen atoms in total. The van der Waals surface area contributed by atoms with Crippen molar-refractivity contribution in [3.8, 4) is 5.75 Å². The van der Waals surface area contributed by atoms with Gasteiger partial charge < -0.3 is 4.18 Å². The van der Waals surface area contributed by atoms with Gasteiger partial charge in [0.15, 0.2) is 5.75 Å². The molecule has 0 N–H and O–H groups in total. The van der Waals surface area contributed by atoms with Gasteiger partial charge >= 0.3 is 10.1 Å². The van der Waals surface area contributed by atoms with E-state index in [2.05, 4.69) is 9.97 Å². The highest BCUT2D eigenvalue weighted by atomic mass is 35.5. The monoisotopic (exact) mass is 370 g/mol. The third-order valence-corrected chi connectivity index (χ3v) is 5.34. The summed E-state index contributed by atoms with van der Waals surface area (Å²) in [4.78, 5) is 8.37. The van der Waals surface area contributed by atoms with Crippen LogP contribution in [0.3, 0.4) is 0 Å². The van der Waals surface area contributed by atoms with Gasteiger partial charge in [0, 0.05) is 23.2 Å². The zero-order chi connectivity index (χ0) is 17.4. The molecular formula is C18H11ClN2O3S. The summed E-state index contributed by atoms with van der Waals surface area (Å²) in [6.07, 6.45) is 3.14. The number of pyridine rings is 2. The van der Waals surface area contributed by atoms with Crippen molar-refractivity contribution in [1.29, 1.82) is 0 Å². The lowest BCUT2D eigenvalue weighted by molar-refractivity contribution is 0.489. The molecule has 0 radical (unpaired) electrons. The van der Waals surface area contributed by atoms with Gasteiger partial charge in [-0.3, -0.25) is 9.97 Å². The van der Waals surface area contributed by atoms with Crippen molar-refractivity contribution in [2.45, 2.75) is 4.90 Å². The molecule has 0 saturated heterocycles. The van der Waals surface area contributed by atoms with E-state index in [1.165, 1.54) is 12.1 Å². The molecule has 2 aromatic carbocycles. The zero-order valence-corrected chi connectivity index (χ0v) is 14.3. The number of nitrogens with zero attached hydrogens (tertiary/aromatic N) is 2. The average Bonchev–Trinajstić information content (AvgIpc) is 2.62. The third kappa shape index (κ3) is 2.79. The molecule has 124 valence electrons. The van der Waals surface area contributed by atoms with Crippen LogP contribution in [-0.2, 0) is 10.1 Å². The summed E-state index contributed by atoms with van der Waals surface area (Å²) >= 11 is 6.11. The van der Waals surface area contributed by atoms with Gasteiger partial charge in [0.05, 0.1) is 10.5 Å². The Kier molecular flexibility index (Phi) is 3.78. The van der Waals surface area contributed by atoms with Crippen molar-refractivity contribution in [1.82, 2.24) is 9.97 Å². The normalized spacial score (nSPS) is 11.7. The van der Waals surface area contributed by atoms with E-state index in [4.69, 9.17) is 15.8 Å². The van der Waals surface area contributed by atoms with Crippen LogP contribution in [0.1, 0.15) is 0 Å². The van der Waals surface area contributed by atoms with E-state index in [1.54, 1.807) is 42.7 Å². The molecule has 4 aromatic rings. The fraction of sp³-hybridized carbons (Fsp3) is 0. The van der Waals surface area contributed by atoms with Gasteiger partial charge in [-0.05, 0) is 36.4 Å². The van der Waals surface area contributed by atoms with E-state index in [1.807, 2.05) is 12.1 Å². The maximum Gasteiger partial charge on any atom is 0.339 e. The second-order valence-electron chi connectivity index (χ2n) is 5.31.